The maximum atomic E-state index is 15.1. The number of benzene rings is 2. The van der Waals surface area contributed by atoms with Gasteiger partial charge in [0.15, 0.2) is 12.6 Å². The van der Waals surface area contributed by atoms with Crippen LogP contribution in [0.25, 0.3) is 11.3 Å². The van der Waals surface area contributed by atoms with Crippen molar-refractivity contribution in [1.82, 2.24) is 9.97 Å². The number of nitrogens with one attached hydrogen (secondary N) is 1. The van der Waals surface area contributed by atoms with Crippen LogP contribution >= 0.6 is 0 Å². The number of aromatic nitrogens is 2. The van der Waals surface area contributed by atoms with E-state index in [2.05, 4.69) is 15.3 Å². The van der Waals surface area contributed by atoms with Gasteiger partial charge in [0.05, 0.1) is 17.7 Å². The van der Waals surface area contributed by atoms with E-state index in [-0.39, 0.29) is 29.2 Å². The van der Waals surface area contributed by atoms with Crippen LogP contribution < -0.4 is 11.1 Å². The molecule has 0 bridgehead atoms. The first-order valence-electron chi connectivity index (χ1n) is 13.5. The molecule has 0 radical (unpaired) electrons. The monoisotopic (exact) mass is 650 g/mol. The third-order valence-electron chi connectivity index (χ3n) is 7.52. The van der Waals surface area contributed by atoms with Gasteiger partial charge in [-0.1, -0.05) is 18.2 Å². The van der Waals surface area contributed by atoms with Crippen molar-refractivity contribution in [3.05, 3.63) is 108 Å². The lowest BCUT2D eigenvalue weighted by atomic mass is 10.1. The van der Waals surface area contributed by atoms with Crippen LogP contribution in [0, 0.1) is 5.82 Å². The minimum Gasteiger partial charge on any atom is -0.366 e. The summed E-state index contributed by atoms with van der Waals surface area (Å²) >= 11 is 0. The number of halogens is 6. The molecule has 0 saturated carbocycles. The molecule has 8 nitrogen and oxygen atoms in total. The largest absolute Gasteiger partial charge is 0.416 e. The Morgan fingerprint density at radius 1 is 1.02 bits per heavy atom. The lowest BCUT2D eigenvalue weighted by Gasteiger charge is -2.36. The van der Waals surface area contributed by atoms with Gasteiger partial charge in [-0.15, -0.1) is 0 Å². The zero-order valence-electron chi connectivity index (χ0n) is 23.3. The molecule has 0 aliphatic carbocycles. The molecule has 3 heterocycles. The molecule has 2 aromatic heterocycles. The number of nitrogens with two attached hydrogens (primary N) is 1. The maximum Gasteiger partial charge on any atom is 0.416 e. The number of pyridine rings is 2. The number of primary amides is 1. The fraction of sp³-hybridized carbons (Fsp3) is 0.233. The fourth-order valence-electron chi connectivity index (χ4n) is 5.42. The Morgan fingerprint density at radius 2 is 1.71 bits per heavy atom. The smallest absolute Gasteiger partial charge is 0.366 e. The third-order valence-corrected chi connectivity index (χ3v) is 9.86. The van der Waals surface area contributed by atoms with Crippen LogP contribution in [0.15, 0.2) is 90.1 Å². The Kier molecular flexibility index (Phi) is 8.35. The van der Waals surface area contributed by atoms with Gasteiger partial charge in [-0.05, 0) is 60.2 Å². The number of rotatable bonds is 9. The van der Waals surface area contributed by atoms with Gasteiger partial charge in [0.25, 0.3) is 5.91 Å². The number of anilines is 1. The average molecular weight is 651 g/mol. The Balaban J connectivity index is 1.64. The Bertz CT molecular complexity index is 1810. The number of hydrogen-bond donors (Lipinski definition) is 2. The van der Waals surface area contributed by atoms with Crippen molar-refractivity contribution < 1.29 is 43.4 Å². The molecule has 45 heavy (non-hydrogen) atoms. The number of likely N-dealkylation sites (tertiary alicyclic amines) is 1. The van der Waals surface area contributed by atoms with Gasteiger partial charge >= 0.3 is 22.1 Å². The van der Waals surface area contributed by atoms with E-state index in [1.54, 1.807) is 24.5 Å². The maximum absolute atomic E-state index is 15.1. The molecule has 236 valence electrons. The van der Waals surface area contributed by atoms with E-state index in [9.17, 15) is 30.8 Å². The van der Waals surface area contributed by atoms with Gasteiger partial charge in [0, 0.05) is 30.1 Å². The Labute approximate surface area is 254 Å². The molecule has 1 aliphatic heterocycles. The summed E-state index contributed by atoms with van der Waals surface area (Å²) in [6.45, 7) is -1.82. The van der Waals surface area contributed by atoms with E-state index in [0.29, 0.717) is 0 Å². The lowest BCUT2D eigenvalue weighted by Crippen LogP contribution is -2.59. The van der Waals surface area contributed by atoms with Crippen molar-refractivity contribution in [2.24, 2.45) is 5.73 Å². The molecule has 1 saturated heterocycles. The number of quaternary nitrogens is 1. The van der Waals surface area contributed by atoms with Crippen LogP contribution in [0.5, 0.6) is 0 Å². The van der Waals surface area contributed by atoms with Gasteiger partial charge < -0.3 is 11.1 Å². The third kappa shape index (κ3) is 6.63. The lowest BCUT2D eigenvalue weighted by molar-refractivity contribution is -0.827. The van der Waals surface area contributed by atoms with Gasteiger partial charge in [0.2, 0.25) is 0 Å². The SMILES string of the molecule is NC(=O)[C@@H]1CC(F)(F)C[N+]1(Cc1cc(NCc2cccnc2)nc(-c2ccc(C(F)(F)F)cc2)c1)S(=O)(=O)c1ccc(F)cc1. The molecular weight excluding hydrogens is 624 g/mol. The summed E-state index contributed by atoms with van der Waals surface area (Å²) in [5.74, 6) is -5.51. The van der Waals surface area contributed by atoms with E-state index >= 15 is 8.78 Å². The normalized spacial score (nSPS) is 19.7. The molecule has 1 aliphatic rings. The molecule has 3 N–H and O–H groups in total. The molecule has 2 aromatic carbocycles. The number of alkyl halides is 5. The second-order valence-electron chi connectivity index (χ2n) is 10.7. The molecule has 4 aromatic rings. The minimum absolute atomic E-state index is 0.105. The quantitative estimate of drug-likeness (QED) is 0.182. The highest BCUT2D eigenvalue weighted by Gasteiger charge is 2.65. The number of amides is 1. The van der Waals surface area contributed by atoms with Crippen molar-refractivity contribution in [2.75, 3.05) is 11.9 Å². The first-order valence-corrected chi connectivity index (χ1v) is 14.9. The summed E-state index contributed by atoms with van der Waals surface area (Å²) < 4.78 is 110. The first kappa shape index (κ1) is 31.9. The van der Waals surface area contributed by atoms with Crippen LogP contribution in [0.4, 0.5) is 32.2 Å². The molecule has 1 fully saturated rings. The van der Waals surface area contributed by atoms with Crippen LogP contribution in [0.2, 0.25) is 0 Å². The summed E-state index contributed by atoms with van der Waals surface area (Å²) in [5, 5.41) is 3.04. The highest BCUT2D eigenvalue weighted by atomic mass is 32.2. The Morgan fingerprint density at radius 3 is 2.31 bits per heavy atom. The summed E-state index contributed by atoms with van der Waals surface area (Å²) in [7, 11) is -4.83. The molecule has 15 heteroatoms. The van der Waals surface area contributed by atoms with E-state index < -0.39 is 73.7 Å². The zero-order chi connectivity index (χ0) is 32.6. The molecule has 0 spiro atoms. The fourth-order valence-corrected chi connectivity index (χ4v) is 7.51. The van der Waals surface area contributed by atoms with E-state index in [4.69, 9.17) is 5.73 Å². The molecule has 5 rings (SSSR count). The molecule has 2 atom stereocenters. The van der Waals surface area contributed by atoms with Crippen LogP contribution in [-0.4, -0.2) is 46.7 Å². The zero-order valence-corrected chi connectivity index (χ0v) is 24.1. The van der Waals surface area contributed by atoms with Crippen molar-refractivity contribution in [3.8, 4) is 11.3 Å². The molecule has 1 amide bonds. The van der Waals surface area contributed by atoms with Crippen LogP contribution in [0.1, 0.15) is 23.1 Å². The number of nitrogens with zero attached hydrogens (tertiary/aromatic N) is 3. The summed E-state index contributed by atoms with van der Waals surface area (Å²) in [6, 6.07) is 11.9. The second-order valence-corrected chi connectivity index (χ2v) is 12.9. The highest BCUT2D eigenvalue weighted by Crippen LogP contribution is 2.45. The summed E-state index contributed by atoms with van der Waals surface area (Å²) in [5.41, 5.74) is 5.79. The first-order chi connectivity index (χ1) is 21.1. The van der Waals surface area contributed by atoms with Gasteiger partial charge in [-0.2, -0.15) is 25.5 Å². The van der Waals surface area contributed by atoms with E-state index in [0.717, 1.165) is 42.0 Å². The topological polar surface area (TPSA) is 115 Å². The predicted molar refractivity (Wildman–Crippen MR) is 151 cm³/mol. The molecule has 1 unspecified atom stereocenters. The number of hydrogen-bond acceptors (Lipinski definition) is 6. The van der Waals surface area contributed by atoms with Crippen molar-refractivity contribution in [2.45, 2.75) is 42.5 Å². The highest BCUT2D eigenvalue weighted by molar-refractivity contribution is 7.86. The number of carbonyl (C=O) groups excluding carboxylic acids is 1. The second kappa shape index (κ2) is 11.8. The molecular formula is C30H26F6N5O3S+. The Hall–Kier alpha value is -4.50. The van der Waals surface area contributed by atoms with Crippen molar-refractivity contribution >= 4 is 21.7 Å². The number of sulfonamides is 1. The number of carbonyl (C=O) groups is 1. The van der Waals surface area contributed by atoms with E-state index in [1.807, 2.05) is 0 Å². The van der Waals surface area contributed by atoms with Gasteiger partial charge in [0.1, 0.15) is 23.1 Å². The summed E-state index contributed by atoms with van der Waals surface area (Å²) in [6.07, 6.45) is -2.60. The standard InChI is InChI=1S/C30H25F6N5O3S/c31-23-7-9-24(10-8-23)45(43,44)41(18-29(32,33)14-26(41)28(37)42)17-20-12-25(21-3-5-22(6-4-21)30(34,35)36)40-27(13-20)39-16-19-2-1-11-38-15-19/h1-13,15,26H,14,16-18H2,(H2-,37,39,40,42)/p+1/t26-,41?/m0/s1. The van der Waals surface area contributed by atoms with Crippen LogP contribution in [-0.2, 0) is 34.1 Å². The van der Waals surface area contributed by atoms with Crippen LogP contribution in [0.3, 0.4) is 0 Å². The minimum atomic E-state index is -4.83. The summed E-state index contributed by atoms with van der Waals surface area (Å²) in [4.78, 5) is 20.6. The van der Waals surface area contributed by atoms with Crippen molar-refractivity contribution in [1.29, 1.82) is 0 Å². The van der Waals surface area contributed by atoms with Gasteiger partial charge in [-0.3, -0.25) is 9.78 Å². The predicted octanol–water partition coefficient (Wildman–Crippen LogP) is 5.51. The average Bonchev–Trinajstić information content (AvgIpc) is 3.28. The van der Waals surface area contributed by atoms with Gasteiger partial charge in [-0.25, -0.2) is 18.2 Å². The van der Waals surface area contributed by atoms with E-state index in [1.165, 1.54) is 24.3 Å². The van der Waals surface area contributed by atoms with Crippen molar-refractivity contribution in [3.63, 3.8) is 0 Å².